The molecule has 0 spiro atoms. The highest BCUT2D eigenvalue weighted by molar-refractivity contribution is 6.06. The Morgan fingerprint density at radius 1 is 1.25 bits per heavy atom. The Hall–Kier alpha value is -2.47. The van der Waals surface area contributed by atoms with Gasteiger partial charge in [0.2, 0.25) is 0 Å². The number of rotatable bonds is 5. The van der Waals surface area contributed by atoms with Gasteiger partial charge in [0.25, 0.3) is 5.91 Å². The van der Waals surface area contributed by atoms with Crippen molar-refractivity contribution in [2.45, 2.75) is 18.9 Å². The van der Waals surface area contributed by atoms with E-state index in [-0.39, 0.29) is 17.4 Å². The average molecular weight is 333 g/mol. The quantitative estimate of drug-likeness (QED) is 0.906. The predicted octanol–water partition coefficient (Wildman–Crippen LogP) is 3.77. The maximum atomic E-state index is 13.7. The summed E-state index contributed by atoms with van der Waals surface area (Å²) in [7, 11) is 0. The van der Waals surface area contributed by atoms with Crippen molar-refractivity contribution in [3.05, 3.63) is 59.7 Å². The van der Waals surface area contributed by atoms with Gasteiger partial charge >= 0.3 is 0 Å². The minimum absolute atomic E-state index is 0.0155. The van der Waals surface area contributed by atoms with Crippen molar-refractivity contribution >= 4 is 11.6 Å². The van der Waals surface area contributed by atoms with Gasteiger partial charge in [-0.25, -0.2) is 8.78 Å². The number of anilines is 1. The molecule has 3 rings (SSSR count). The number of benzene rings is 2. The first-order valence-electron chi connectivity index (χ1n) is 7.73. The zero-order valence-electron chi connectivity index (χ0n) is 12.9. The molecule has 24 heavy (non-hydrogen) atoms. The molecule has 126 valence electrons. The predicted molar refractivity (Wildman–Crippen MR) is 85.2 cm³/mol. The van der Waals surface area contributed by atoms with E-state index in [0.29, 0.717) is 12.4 Å². The number of halogens is 2. The third-order valence-electron chi connectivity index (χ3n) is 3.76. The lowest BCUT2D eigenvalue weighted by atomic mass is 10.1. The Labute approximate surface area is 138 Å². The Bertz CT molecular complexity index is 730. The van der Waals surface area contributed by atoms with Gasteiger partial charge in [-0.1, -0.05) is 12.1 Å². The van der Waals surface area contributed by atoms with Crippen LogP contribution in [-0.2, 0) is 4.74 Å². The highest BCUT2D eigenvalue weighted by Crippen LogP contribution is 2.23. The van der Waals surface area contributed by atoms with Crippen LogP contribution in [0.3, 0.4) is 0 Å². The van der Waals surface area contributed by atoms with E-state index in [1.165, 1.54) is 0 Å². The molecule has 1 heterocycles. The smallest absolute Gasteiger partial charge is 0.259 e. The summed E-state index contributed by atoms with van der Waals surface area (Å²) in [6.45, 7) is 1.06. The number of hydrogen-bond acceptors (Lipinski definition) is 3. The molecular formula is C18H17F2NO3. The summed E-state index contributed by atoms with van der Waals surface area (Å²) < 4.78 is 38.0. The Balaban J connectivity index is 1.73. The van der Waals surface area contributed by atoms with Gasteiger partial charge in [0.1, 0.15) is 24.0 Å². The fourth-order valence-corrected chi connectivity index (χ4v) is 2.52. The Morgan fingerprint density at radius 3 is 2.88 bits per heavy atom. The molecule has 1 unspecified atom stereocenters. The van der Waals surface area contributed by atoms with Crippen LogP contribution in [-0.4, -0.2) is 25.2 Å². The summed E-state index contributed by atoms with van der Waals surface area (Å²) in [4.78, 5) is 12.4. The fraction of sp³-hybridized carbons (Fsp3) is 0.278. The first-order valence-corrected chi connectivity index (χ1v) is 7.73. The van der Waals surface area contributed by atoms with Gasteiger partial charge in [-0.2, -0.15) is 0 Å². The zero-order chi connectivity index (χ0) is 16.9. The van der Waals surface area contributed by atoms with E-state index in [2.05, 4.69) is 5.32 Å². The first-order chi connectivity index (χ1) is 11.6. The molecule has 0 bridgehead atoms. The van der Waals surface area contributed by atoms with Crippen LogP contribution in [0, 0.1) is 11.6 Å². The number of para-hydroxylation sites is 1. The number of ether oxygens (including phenoxy) is 2. The van der Waals surface area contributed by atoms with Crippen molar-refractivity contribution in [1.82, 2.24) is 0 Å². The molecule has 1 N–H and O–H groups in total. The lowest BCUT2D eigenvalue weighted by Gasteiger charge is -2.14. The molecule has 1 atom stereocenters. The van der Waals surface area contributed by atoms with Crippen molar-refractivity contribution in [2.24, 2.45) is 0 Å². The summed E-state index contributed by atoms with van der Waals surface area (Å²) in [6.07, 6.45) is 1.93. The van der Waals surface area contributed by atoms with Gasteiger partial charge < -0.3 is 14.8 Å². The van der Waals surface area contributed by atoms with Crippen molar-refractivity contribution in [3.8, 4) is 5.75 Å². The molecule has 1 aliphatic heterocycles. The Morgan fingerprint density at radius 2 is 2.08 bits per heavy atom. The summed E-state index contributed by atoms with van der Waals surface area (Å²) >= 11 is 0. The minimum atomic E-state index is -0.706. The van der Waals surface area contributed by atoms with Crippen LogP contribution in [0.2, 0.25) is 0 Å². The summed E-state index contributed by atoms with van der Waals surface area (Å²) in [5.41, 5.74) is 0.0353. The molecule has 0 aliphatic carbocycles. The maximum absolute atomic E-state index is 13.7. The van der Waals surface area contributed by atoms with Crippen LogP contribution >= 0.6 is 0 Å². The van der Waals surface area contributed by atoms with Gasteiger partial charge in [-0.15, -0.1) is 0 Å². The van der Waals surface area contributed by atoms with E-state index >= 15 is 0 Å². The second-order valence-electron chi connectivity index (χ2n) is 5.52. The normalized spacial score (nSPS) is 16.8. The summed E-state index contributed by atoms with van der Waals surface area (Å²) in [5.74, 6) is -1.53. The second-order valence-corrected chi connectivity index (χ2v) is 5.52. The number of amides is 1. The van der Waals surface area contributed by atoms with E-state index in [1.807, 2.05) is 0 Å². The molecule has 2 aromatic carbocycles. The molecule has 6 heteroatoms. The maximum Gasteiger partial charge on any atom is 0.259 e. The van der Waals surface area contributed by atoms with Crippen LogP contribution in [0.1, 0.15) is 23.2 Å². The molecule has 2 aromatic rings. The number of hydrogen-bond donors (Lipinski definition) is 1. The molecule has 1 aliphatic rings. The number of nitrogens with one attached hydrogen (secondary N) is 1. The van der Waals surface area contributed by atoms with Crippen LogP contribution in [0.5, 0.6) is 5.75 Å². The molecular weight excluding hydrogens is 316 g/mol. The first kappa shape index (κ1) is 16.4. The molecule has 0 aromatic heterocycles. The van der Waals surface area contributed by atoms with Crippen molar-refractivity contribution in [1.29, 1.82) is 0 Å². The van der Waals surface area contributed by atoms with Crippen LogP contribution in [0.4, 0.5) is 14.5 Å². The lowest BCUT2D eigenvalue weighted by molar-refractivity contribution is 0.0673. The Kier molecular flexibility index (Phi) is 5.05. The van der Waals surface area contributed by atoms with Gasteiger partial charge in [0.15, 0.2) is 0 Å². The van der Waals surface area contributed by atoms with Crippen molar-refractivity contribution in [2.75, 3.05) is 18.5 Å². The third-order valence-corrected chi connectivity index (χ3v) is 3.76. The molecule has 1 amide bonds. The topological polar surface area (TPSA) is 47.6 Å². The molecule has 0 radical (unpaired) electrons. The monoisotopic (exact) mass is 333 g/mol. The zero-order valence-corrected chi connectivity index (χ0v) is 12.9. The summed E-state index contributed by atoms with van der Waals surface area (Å²) in [6, 6.07) is 9.53. The van der Waals surface area contributed by atoms with Gasteiger partial charge in [0.05, 0.1) is 17.4 Å². The number of carbonyl (C=O) groups excluding carboxylic acids is 1. The average Bonchev–Trinajstić information content (AvgIpc) is 3.10. The number of carbonyl (C=O) groups is 1. The highest BCUT2D eigenvalue weighted by Gasteiger charge is 2.19. The largest absolute Gasteiger partial charge is 0.490 e. The standard InChI is InChI=1S/C18H17F2NO3/c19-12-7-8-15(20)16(10-12)21-18(22)14-5-1-2-6-17(14)24-11-13-4-3-9-23-13/h1-2,5-8,10,13H,3-4,9,11H2,(H,21,22). The SMILES string of the molecule is O=C(Nc1cc(F)ccc1F)c1ccccc1OCC1CCCO1. The van der Waals surface area contributed by atoms with Crippen molar-refractivity contribution < 1.29 is 23.0 Å². The van der Waals surface area contributed by atoms with Crippen LogP contribution < -0.4 is 10.1 Å². The van der Waals surface area contributed by atoms with E-state index in [9.17, 15) is 13.6 Å². The van der Waals surface area contributed by atoms with Gasteiger partial charge in [-0.3, -0.25) is 4.79 Å². The summed E-state index contributed by atoms with van der Waals surface area (Å²) in [5, 5.41) is 2.37. The van der Waals surface area contributed by atoms with Gasteiger partial charge in [0, 0.05) is 12.7 Å². The van der Waals surface area contributed by atoms with Gasteiger partial charge in [-0.05, 0) is 37.1 Å². The van der Waals surface area contributed by atoms with Crippen LogP contribution in [0.25, 0.3) is 0 Å². The van der Waals surface area contributed by atoms with E-state index in [0.717, 1.165) is 37.6 Å². The molecule has 4 nitrogen and oxygen atoms in total. The van der Waals surface area contributed by atoms with Crippen molar-refractivity contribution in [3.63, 3.8) is 0 Å². The molecule has 0 saturated carbocycles. The third kappa shape index (κ3) is 3.89. The fourth-order valence-electron chi connectivity index (χ4n) is 2.52. The van der Waals surface area contributed by atoms with E-state index in [1.54, 1.807) is 24.3 Å². The molecule has 1 fully saturated rings. The van der Waals surface area contributed by atoms with Crippen LogP contribution in [0.15, 0.2) is 42.5 Å². The highest BCUT2D eigenvalue weighted by atomic mass is 19.1. The van der Waals surface area contributed by atoms with E-state index < -0.39 is 17.5 Å². The van der Waals surface area contributed by atoms with E-state index in [4.69, 9.17) is 9.47 Å². The lowest BCUT2D eigenvalue weighted by Crippen LogP contribution is -2.19. The minimum Gasteiger partial charge on any atom is -0.490 e. The molecule has 1 saturated heterocycles. The second kappa shape index (κ2) is 7.40.